The van der Waals surface area contributed by atoms with Crippen molar-refractivity contribution in [2.24, 2.45) is 0 Å². The molecule has 0 saturated carbocycles. The van der Waals surface area contributed by atoms with Crippen molar-refractivity contribution in [2.75, 3.05) is 0 Å². The van der Waals surface area contributed by atoms with E-state index in [2.05, 4.69) is 164 Å². The number of allylic oxidation sites excluding steroid dienone is 4. The molecule has 0 bridgehead atoms. The highest BCUT2D eigenvalue weighted by molar-refractivity contribution is 6.05. The van der Waals surface area contributed by atoms with Crippen LogP contribution >= 0.6 is 0 Å². The third-order valence-electron chi connectivity index (χ3n) is 9.25. The maximum absolute atomic E-state index is 4.59. The summed E-state index contributed by atoms with van der Waals surface area (Å²) in [4.78, 5) is 4.59. The number of aromatic nitrogens is 1. The fourth-order valence-electron chi connectivity index (χ4n) is 7.34. The van der Waals surface area contributed by atoms with Crippen molar-refractivity contribution in [1.82, 2.24) is 4.98 Å². The van der Waals surface area contributed by atoms with E-state index in [1.807, 2.05) is 6.20 Å². The van der Waals surface area contributed by atoms with Crippen LogP contribution in [-0.2, 0) is 5.41 Å². The summed E-state index contributed by atoms with van der Waals surface area (Å²) in [6.07, 6.45) is 11.5. The van der Waals surface area contributed by atoms with Crippen molar-refractivity contribution in [3.05, 3.63) is 180 Å². The number of hydrogen-bond donors (Lipinski definition) is 0. The quantitative estimate of drug-likeness (QED) is 0.209. The molecule has 1 spiro atoms. The van der Waals surface area contributed by atoms with E-state index in [1.165, 1.54) is 71.6 Å². The summed E-state index contributed by atoms with van der Waals surface area (Å²) in [6, 6.07) is 46.8. The molecule has 2 aliphatic rings. The number of fused-ring (bicyclic) bond motifs is 7. The van der Waals surface area contributed by atoms with Crippen LogP contribution < -0.4 is 0 Å². The molecule has 0 fully saturated rings. The Morgan fingerprint density at radius 3 is 2.19 bits per heavy atom. The summed E-state index contributed by atoms with van der Waals surface area (Å²) in [5, 5.41) is 5.09. The van der Waals surface area contributed by atoms with Gasteiger partial charge >= 0.3 is 0 Å². The molecule has 1 atom stereocenters. The first kappa shape index (κ1) is 25.4. The molecule has 0 N–H and O–H groups in total. The predicted octanol–water partition coefficient (Wildman–Crippen LogP) is 10.9. The maximum Gasteiger partial charge on any atom is 0.0511 e. The average Bonchev–Trinajstić information content (AvgIpc) is 3.39. The first-order valence-electron chi connectivity index (χ1n) is 15.0. The Kier molecular flexibility index (Phi) is 6.05. The first-order chi connectivity index (χ1) is 21.3. The van der Waals surface area contributed by atoms with Gasteiger partial charge in [-0.15, -0.1) is 0 Å². The van der Waals surface area contributed by atoms with Gasteiger partial charge in [0.15, 0.2) is 0 Å². The number of benzene rings is 4. The van der Waals surface area contributed by atoms with Crippen LogP contribution in [0.25, 0.3) is 49.4 Å². The summed E-state index contributed by atoms with van der Waals surface area (Å²) in [5.41, 5.74) is 11.4. The van der Waals surface area contributed by atoms with Gasteiger partial charge in [-0.05, 0) is 91.5 Å². The van der Waals surface area contributed by atoms with Gasteiger partial charge in [0.05, 0.1) is 5.41 Å². The zero-order chi connectivity index (χ0) is 28.8. The lowest BCUT2D eigenvalue weighted by molar-refractivity contribution is 0.666. The van der Waals surface area contributed by atoms with Crippen molar-refractivity contribution in [3.8, 4) is 22.3 Å². The lowest BCUT2D eigenvalue weighted by Gasteiger charge is -2.39. The molecule has 204 valence electrons. The van der Waals surface area contributed by atoms with Gasteiger partial charge in [0.25, 0.3) is 0 Å². The van der Waals surface area contributed by atoms with Crippen molar-refractivity contribution < 1.29 is 0 Å². The third kappa shape index (κ3) is 3.96. The maximum atomic E-state index is 4.59. The van der Waals surface area contributed by atoms with Crippen molar-refractivity contribution in [2.45, 2.75) is 18.8 Å². The number of nitrogens with zero attached hydrogens (tertiary/aromatic N) is 1. The van der Waals surface area contributed by atoms with E-state index >= 15 is 0 Å². The second kappa shape index (κ2) is 10.2. The molecule has 1 heterocycles. The van der Waals surface area contributed by atoms with Crippen LogP contribution in [0.1, 0.15) is 35.6 Å². The molecular formula is C42H31N. The molecule has 8 rings (SSSR count). The SMILES string of the molecule is C/C=C\C=C1/CC2(c3ccncc31)c1cc(-c3cccccc4ccccc4cc3)ccc1-c1cccc3cccc2c13. The molecule has 1 unspecified atom stereocenters. The van der Waals surface area contributed by atoms with Crippen LogP contribution in [0.2, 0.25) is 0 Å². The molecule has 5 aromatic carbocycles. The molecule has 0 radical (unpaired) electrons. The van der Waals surface area contributed by atoms with Gasteiger partial charge < -0.3 is 0 Å². The van der Waals surface area contributed by atoms with Crippen LogP contribution in [0.15, 0.2) is 158 Å². The van der Waals surface area contributed by atoms with E-state index in [4.69, 9.17) is 0 Å². The van der Waals surface area contributed by atoms with Crippen LogP contribution in [0, 0.1) is 0 Å². The summed E-state index contributed by atoms with van der Waals surface area (Å²) in [6.45, 7) is 2.08. The number of hydrogen-bond acceptors (Lipinski definition) is 1. The van der Waals surface area contributed by atoms with E-state index in [9.17, 15) is 0 Å². The topological polar surface area (TPSA) is 12.9 Å². The minimum atomic E-state index is -0.309. The zero-order valence-electron chi connectivity index (χ0n) is 24.2. The molecule has 1 heteroatoms. The summed E-state index contributed by atoms with van der Waals surface area (Å²) in [7, 11) is 0. The largest absolute Gasteiger partial charge is 0.264 e. The summed E-state index contributed by atoms with van der Waals surface area (Å²) >= 11 is 0. The summed E-state index contributed by atoms with van der Waals surface area (Å²) < 4.78 is 0. The van der Waals surface area contributed by atoms with Crippen LogP contribution in [0.3, 0.4) is 0 Å². The fourth-order valence-corrected chi connectivity index (χ4v) is 7.34. The third-order valence-corrected chi connectivity index (χ3v) is 9.25. The number of pyridine rings is 1. The van der Waals surface area contributed by atoms with Gasteiger partial charge in [-0.25, -0.2) is 0 Å². The van der Waals surface area contributed by atoms with E-state index in [0.29, 0.717) is 0 Å². The van der Waals surface area contributed by atoms with Crippen molar-refractivity contribution >= 4 is 27.1 Å². The minimum absolute atomic E-state index is 0.309. The van der Waals surface area contributed by atoms with Gasteiger partial charge in [0.2, 0.25) is 0 Å². The number of rotatable bonds is 2. The molecule has 1 nitrogen and oxygen atoms in total. The Labute approximate surface area is 252 Å². The van der Waals surface area contributed by atoms with Gasteiger partial charge in [-0.2, -0.15) is 0 Å². The Morgan fingerprint density at radius 2 is 1.33 bits per heavy atom. The average molecular weight is 550 g/mol. The Morgan fingerprint density at radius 1 is 0.581 bits per heavy atom. The van der Waals surface area contributed by atoms with Crippen molar-refractivity contribution in [1.29, 1.82) is 0 Å². The second-order valence-corrected chi connectivity index (χ2v) is 11.5. The Balaban J connectivity index is 1.45. The van der Waals surface area contributed by atoms with Gasteiger partial charge in [0, 0.05) is 18.0 Å². The van der Waals surface area contributed by atoms with Crippen molar-refractivity contribution in [3.63, 3.8) is 0 Å². The smallest absolute Gasteiger partial charge is 0.0511 e. The fraction of sp³-hybridized carbons (Fsp3) is 0.0714. The Hall–Kier alpha value is -5.27. The molecule has 0 aliphatic heterocycles. The van der Waals surface area contributed by atoms with Gasteiger partial charge in [-0.3, -0.25) is 4.98 Å². The van der Waals surface area contributed by atoms with E-state index in [1.54, 1.807) is 0 Å². The van der Waals surface area contributed by atoms with E-state index in [-0.39, 0.29) is 5.41 Å². The first-order valence-corrected chi connectivity index (χ1v) is 15.0. The molecule has 6 aromatic rings. The lowest BCUT2D eigenvalue weighted by Crippen LogP contribution is -2.30. The van der Waals surface area contributed by atoms with E-state index in [0.717, 1.165) is 6.42 Å². The minimum Gasteiger partial charge on any atom is -0.264 e. The Bertz CT molecular complexity index is 2180. The molecule has 43 heavy (non-hydrogen) atoms. The highest BCUT2D eigenvalue weighted by Crippen LogP contribution is 2.60. The molecule has 1 aromatic heterocycles. The van der Waals surface area contributed by atoms with Crippen LogP contribution in [0.5, 0.6) is 0 Å². The van der Waals surface area contributed by atoms with E-state index < -0.39 is 0 Å². The molecule has 0 saturated heterocycles. The lowest BCUT2D eigenvalue weighted by atomic mass is 9.63. The van der Waals surface area contributed by atoms with Gasteiger partial charge in [0.1, 0.15) is 0 Å². The highest BCUT2D eigenvalue weighted by atomic mass is 14.6. The summed E-state index contributed by atoms with van der Waals surface area (Å²) in [5.74, 6) is 0. The van der Waals surface area contributed by atoms with Crippen LogP contribution in [0.4, 0.5) is 0 Å². The van der Waals surface area contributed by atoms with Crippen LogP contribution in [-0.4, -0.2) is 4.98 Å². The van der Waals surface area contributed by atoms with Gasteiger partial charge in [-0.1, -0.05) is 133 Å². The standard InChI is InChI=1S/C42H31N/c1-2-3-11-34-27-42(38-24-25-43-28-37(34)38)39-19-10-17-32-16-9-18-36(41(32)39)35-23-22-33(26-40(35)42)31-13-6-4-5-12-29-14-7-8-15-30(29)20-21-31/h2-26,28H,27H2,1H3/b3-2-,5-4?,6-4?,12-5?,13-6?,21-20?,29-12?,30-20?,31-13?,31-21?,34-11+. The molecular weight excluding hydrogens is 518 g/mol. The highest BCUT2D eigenvalue weighted by Gasteiger charge is 2.48. The predicted molar refractivity (Wildman–Crippen MR) is 181 cm³/mol. The molecule has 0 amide bonds. The normalized spacial score (nSPS) is 17.4. The second-order valence-electron chi connectivity index (χ2n) is 11.5. The molecule has 2 aliphatic carbocycles. The monoisotopic (exact) mass is 549 g/mol. The zero-order valence-corrected chi connectivity index (χ0v) is 24.2.